The second kappa shape index (κ2) is 4.20. The highest BCUT2D eigenvalue weighted by Gasteiger charge is 2.45. The van der Waals surface area contributed by atoms with E-state index in [1.807, 2.05) is 6.20 Å². The summed E-state index contributed by atoms with van der Waals surface area (Å²) in [5.41, 5.74) is 8.97. The van der Waals surface area contributed by atoms with Gasteiger partial charge in [0, 0.05) is 24.2 Å². The van der Waals surface area contributed by atoms with Crippen molar-refractivity contribution >= 4 is 0 Å². The molecular formula is C16H24N2O. The van der Waals surface area contributed by atoms with Gasteiger partial charge in [-0.2, -0.15) is 0 Å². The van der Waals surface area contributed by atoms with Crippen molar-refractivity contribution in [3.8, 4) is 5.88 Å². The SMILES string of the molecule is CC(C)(C)Cc1cnc2c(c1)[C@@H](N)CC1(CCC1)O2. The zero-order valence-corrected chi connectivity index (χ0v) is 12.2. The highest BCUT2D eigenvalue weighted by molar-refractivity contribution is 5.36. The Morgan fingerprint density at radius 3 is 2.74 bits per heavy atom. The van der Waals surface area contributed by atoms with Crippen LogP contribution in [0.2, 0.25) is 0 Å². The van der Waals surface area contributed by atoms with Gasteiger partial charge in [-0.25, -0.2) is 4.98 Å². The van der Waals surface area contributed by atoms with Gasteiger partial charge in [-0.15, -0.1) is 0 Å². The molecule has 2 heterocycles. The standard InChI is InChI=1S/C16H24N2O/c1-15(2,3)8-11-7-12-13(17)9-16(5-4-6-16)19-14(12)18-10-11/h7,10,13H,4-6,8-9,17H2,1-3H3/t13-/m0/s1. The molecule has 1 atom stereocenters. The van der Waals surface area contributed by atoms with Crippen LogP contribution in [0.15, 0.2) is 12.3 Å². The van der Waals surface area contributed by atoms with Gasteiger partial charge in [0.1, 0.15) is 5.60 Å². The lowest BCUT2D eigenvalue weighted by molar-refractivity contribution is -0.0369. The molecule has 104 valence electrons. The Kier molecular flexibility index (Phi) is 2.86. The van der Waals surface area contributed by atoms with Gasteiger partial charge in [0.25, 0.3) is 0 Å². The van der Waals surface area contributed by atoms with Gasteiger partial charge < -0.3 is 10.5 Å². The van der Waals surface area contributed by atoms with Crippen LogP contribution >= 0.6 is 0 Å². The van der Waals surface area contributed by atoms with Crippen molar-refractivity contribution in [3.05, 3.63) is 23.4 Å². The van der Waals surface area contributed by atoms with Crippen molar-refractivity contribution in [1.29, 1.82) is 0 Å². The van der Waals surface area contributed by atoms with Gasteiger partial charge >= 0.3 is 0 Å². The molecule has 2 aliphatic rings. The molecule has 0 unspecified atom stereocenters. The summed E-state index contributed by atoms with van der Waals surface area (Å²) < 4.78 is 6.12. The molecule has 3 nitrogen and oxygen atoms in total. The van der Waals surface area contributed by atoms with Crippen molar-refractivity contribution < 1.29 is 4.74 Å². The van der Waals surface area contributed by atoms with Crippen molar-refractivity contribution in [2.75, 3.05) is 0 Å². The molecule has 1 aromatic heterocycles. The Bertz CT molecular complexity index is 486. The van der Waals surface area contributed by atoms with E-state index >= 15 is 0 Å². The molecule has 1 aliphatic carbocycles. The first-order chi connectivity index (χ1) is 8.87. The smallest absolute Gasteiger partial charge is 0.218 e. The normalized spacial score (nSPS) is 24.5. The van der Waals surface area contributed by atoms with Crippen molar-refractivity contribution in [3.63, 3.8) is 0 Å². The second-order valence-corrected chi connectivity index (χ2v) is 7.42. The van der Waals surface area contributed by atoms with Gasteiger partial charge in [-0.1, -0.05) is 20.8 Å². The molecule has 0 radical (unpaired) electrons. The largest absolute Gasteiger partial charge is 0.471 e. The molecule has 3 heteroatoms. The lowest BCUT2D eigenvalue weighted by atomic mass is 9.73. The Morgan fingerprint density at radius 2 is 2.16 bits per heavy atom. The fourth-order valence-electron chi connectivity index (χ4n) is 3.21. The molecule has 19 heavy (non-hydrogen) atoms. The van der Waals surface area contributed by atoms with Crippen LogP contribution in [0.5, 0.6) is 5.88 Å². The van der Waals surface area contributed by atoms with Crippen LogP contribution in [-0.2, 0) is 6.42 Å². The van der Waals surface area contributed by atoms with E-state index in [2.05, 4.69) is 31.8 Å². The van der Waals surface area contributed by atoms with E-state index in [-0.39, 0.29) is 17.1 Å². The van der Waals surface area contributed by atoms with E-state index in [0.29, 0.717) is 0 Å². The third-order valence-electron chi connectivity index (χ3n) is 4.24. The minimum atomic E-state index is 0.00492. The molecule has 0 saturated heterocycles. The predicted octanol–water partition coefficient (Wildman–Crippen LogP) is 3.38. The van der Waals surface area contributed by atoms with Gasteiger partial charge in [-0.05, 0) is 42.7 Å². The van der Waals surface area contributed by atoms with Crippen LogP contribution in [0.3, 0.4) is 0 Å². The van der Waals surface area contributed by atoms with E-state index in [1.54, 1.807) is 0 Å². The van der Waals surface area contributed by atoms with Gasteiger partial charge in [-0.3, -0.25) is 0 Å². The molecule has 1 saturated carbocycles. The number of fused-ring (bicyclic) bond motifs is 1. The minimum absolute atomic E-state index is 0.00492. The van der Waals surface area contributed by atoms with E-state index < -0.39 is 0 Å². The molecule has 1 fully saturated rings. The van der Waals surface area contributed by atoms with Crippen molar-refractivity contribution in [1.82, 2.24) is 4.98 Å². The molecule has 1 aliphatic heterocycles. The maximum absolute atomic E-state index is 6.34. The fraction of sp³-hybridized carbons (Fsp3) is 0.688. The molecule has 0 amide bonds. The molecule has 1 spiro atoms. The number of hydrogen-bond acceptors (Lipinski definition) is 3. The van der Waals surface area contributed by atoms with Crippen LogP contribution in [-0.4, -0.2) is 10.6 Å². The maximum atomic E-state index is 6.34. The predicted molar refractivity (Wildman–Crippen MR) is 76.2 cm³/mol. The number of aromatic nitrogens is 1. The molecule has 3 rings (SSSR count). The first-order valence-corrected chi connectivity index (χ1v) is 7.30. The van der Waals surface area contributed by atoms with Crippen LogP contribution in [0, 0.1) is 5.41 Å². The molecule has 2 N–H and O–H groups in total. The lowest BCUT2D eigenvalue weighted by Crippen LogP contribution is -2.48. The average Bonchev–Trinajstić information content (AvgIpc) is 2.25. The van der Waals surface area contributed by atoms with Gasteiger partial charge in [0.2, 0.25) is 5.88 Å². The average molecular weight is 260 g/mol. The third kappa shape index (κ3) is 2.48. The van der Waals surface area contributed by atoms with Crippen LogP contribution in [0.1, 0.15) is 63.6 Å². The monoisotopic (exact) mass is 260 g/mol. The fourth-order valence-corrected chi connectivity index (χ4v) is 3.21. The minimum Gasteiger partial charge on any atom is -0.471 e. The molecule has 0 bridgehead atoms. The number of hydrogen-bond donors (Lipinski definition) is 1. The number of ether oxygens (including phenoxy) is 1. The third-order valence-corrected chi connectivity index (χ3v) is 4.24. The quantitative estimate of drug-likeness (QED) is 0.842. The van der Waals surface area contributed by atoms with E-state index in [9.17, 15) is 0 Å². The highest BCUT2D eigenvalue weighted by Crippen LogP contribution is 2.47. The Hall–Kier alpha value is -1.09. The molecule has 0 aromatic carbocycles. The Morgan fingerprint density at radius 1 is 1.42 bits per heavy atom. The first kappa shape index (κ1) is 12.9. The highest BCUT2D eigenvalue weighted by atomic mass is 16.5. The molecular weight excluding hydrogens is 236 g/mol. The summed E-state index contributed by atoms with van der Waals surface area (Å²) in [4.78, 5) is 4.53. The summed E-state index contributed by atoms with van der Waals surface area (Å²) in [5, 5.41) is 0. The van der Waals surface area contributed by atoms with Crippen LogP contribution in [0.4, 0.5) is 0 Å². The van der Waals surface area contributed by atoms with Crippen molar-refractivity contribution in [2.45, 2.75) is 64.5 Å². The van der Waals surface area contributed by atoms with Crippen LogP contribution < -0.4 is 10.5 Å². The lowest BCUT2D eigenvalue weighted by Gasteiger charge is -2.46. The van der Waals surface area contributed by atoms with E-state index in [4.69, 9.17) is 10.5 Å². The summed E-state index contributed by atoms with van der Waals surface area (Å²) >= 11 is 0. The van der Waals surface area contributed by atoms with E-state index in [0.717, 1.165) is 37.1 Å². The number of rotatable bonds is 1. The van der Waals surface area contributed by atoms with Crippen LogP contribution in [0.25, 0.3) is 0 Å². The summed E-state index contributed by atoms with van der Waals surface area (Å²) in [6.07, 6.45) is 7.43. The van der Waals surface area contributed by atoms with Gasteiger partial charge in [0.05, 0.1) is 0 Å². The summed E-state index contributed by atoms with van der Waals surface area (Å²) in [6.45, 7) is 6.73. The summed E-state index contributed by atoms with van der Waals surface area (Å²) in [6, 6.07) is 2.28. The zero-order chi connectivity index (χ0) is 13.7. The first-order valence-electron chi connectivity index (χ1n) is 7.30. The van der Waals surface area contributed by atoms with Crippen molar-refractivity contribution in [2.24, 2.45) is 11.1 Å². The maximum Gasteiger partial charge on any atom is 0.218 e. The molecule has 1 aromatic rings. The number of pyridine rings is 1. The Labute approximate surface area is 115 Å². The second-order valence-electron chi connectivity index (χ2n) is 7.42. The topological polar surface area (TPSA) is 48.1 Å². The Balaban J connectivity index is 1.87. The number of nitrogens with two attached hydrogens (primary N) is 1. The van der Waals surface area contributed by atoms with E-state index in [1.165, 1.54) is 12.0 Å². The summed E-state index contributed by atoms with van der Waals surface area (Å²) in [5.74, 6) is 0.774. The summed E-state index contributed by atoms with van der Waals surface area (Å²) in [7, 11) is 0. The number of nitrogens with zero attached hydrogens (tertiary/aromatic N) is 1. The zero-order valence-electron chi connectivity index (χ0n) is 12.2. The van der Waals surface area contributed by atoms with Gasteiger partial charge in [0.15, 0.2) is 0 Å².